The highest BCUT2D eigenvalue weighted by Crippen LogP contribution is 2.25. The van der Waals surface area contributed by atoms with Crippen LogP contribution in [0.1, 0.15) is 33.6 Å². The number of piperidine rings is 1. The first kappa shape index (κ1) is 15.3. The molecule has 1 heterocycles. The molecule has 0 aromatic heterocycles. The molecule has 1 N–H and O–H groups in total. The van der Waals surface area contributed by atoms with Crippen LogP contribution in [0.25, 0.3) is 0 Å². The Bertz CT molecular complexity index is 310. The molecule has 1 rings (SSSR count). The van der Waals surface area contributed by atoms with Gasteiger partial charge in [0.15, 0.2) is 0 Å². The van der Waals surface area contributed by atoms with E-state index in [4.69, 9.17) is 11.6 Å². The molecular formula is C13H23ClN2O2. The fraction of sp³-hybridized carbons (Fsp3) is 0.846. The smallest absolute Gasteiger partial charge is 0.229 e. The largest absolute Gasteiger partial charge is 0.356 e. The van der Waals surface area contributed by atoms with Crippen LogP contribution in [0.2, 0.25) is 0 Å². The molecule has 4 nitrogen and oxygen atoms in total. The third-order valence-electron chi connectivity index (χ3n) is 3.42. The zero-order valence-electron chi connectivity index (χ0n) is 11.5. The number of carbonyl (C=O) groups is 2. The normalized spacial score (nSPS) is 17.7. The highest BCUT2D eigenvalue weighted by Gasteiger charge is 2.34. The summed E-state index contributed by atoms with van der Waals surface area (Å²) in [4.78, 5) is 25.7. The van der Waals surface area contributed by atoms with Crippen LogP contribution < -0.4 is 5.32 Å². The molecule has 104 valence electrons. The summed E-state index contributed by atoms with van der Waals surface area (Å²) >= 11 is 5.82. The zero-order chi connectivity index (χ0) is 13.8. The van der Waals surface area contributed by atoms with Gasteiger partial charge in [0.2, 0.25) is 11.8 Å². The van der Waals surface area contributed by atoms with E-state index in [1.54, 1.807) is 0 Å². The maximum absolute atomic E-state index is 12.2. The van der Waals surface area contributed by atoms with Crippen LogP contribution in [0.5, 0.6) is 0 Å². The van der Waals surface area contributed by atoms with Crippen molar-refractivity contribution in [3.63, 3.8) is 0 Å². The second-order valence-corrected chi connectivity index (χ2v) is 5.75. The number of amides is 2. The van der Waals surface area contributed by atoms with Crippen LogP contribution in [0, 0.1) is 11.3 Å². The molecular weight excluding hydrogens is 252 g/mol. The van der Waals surface area contributed by atoms with E-state index in [1.807, 2.05) is 25.7 Å². The second kappa shape index (κ2) is 6.41. The van der Waals surface area contributed by atoms with Crippen LogP contribution >= 0.6 is 11.6 Å². The summed E-state index contributed by atoms with van der Waals surface area (Å²) in [6, 6.07) is 0. The first-order valence-corrected chi connectivity index (χ1v) is 7.09. The van der Waals surface area contributed by atoms with Gasteiger partial charge in [0.25, 0.3) is 0 Å². The summed E-state index contributed by atoms with van der Waals surface area (Å²) in [6.07, 6.45) is 1.49. The molecule has 5 heteroatoms. The molecule has 0 unspecified atom stereocenters. The summed E-state index contributed by atoms with van der Waals surface area (Å²) in [7, 11) is 0. The predicted octanol–water partition coefficient (Wildman–Crippen LogP) is 1.63. The number of alkyl halides is 1. The second-order valence-electron chi connectivity index (χ2n) is 5.48. The molecule has 0 aliphatic carbocycles. The molecule has 0 saturated carbocycles. The van der Waals surface area contributed by atoms with Crippen molar-refractivity contribution in [2.75, 3.05) is 25.5 Å². The summed E-state index contributed by atoms with van der Waals surface area (Å²) in [5.41, 5.74) is -0.514. The maximum Gasteiger partial charge on any atom is 0.229 e. The average molecular weight is 275 g/mol. The van der Waals surface area contributed by atoms with Gasteiger partial charge in [0.05, 0.1) is 5.41 Å². The van der Waals surface area contributed by atoms with Crippen LogP contribution in [-0.2, 0) is 9.59 Å². The Balaban J connectivity index is 2.49. The van der Waals surface area contributed by atoms with E-state index in [9.17, 15) is 9.59 Å². The minimum absolute atomic E-state index is 0.0492. The molecule has 1 saturated heterocycles. The Labute approximate surface area is 114 Å². The maximum atomic E-state index is 12.2. The highest BCUT2D eigenvalue weighted by molar-refractivity contribution is 6.19. The molecule has 0 aromatic rings. The number of nitrogens with one attached hydrogen (secondary N) is 1. The van der Waals surface area contributed by atoms with Gasteiger partial charge in [0.1, 0.15) is 0 Å². The fourth-order valence-electron chi connectivity index (χ4n) is 2.15. The van der Waals surface area contributed by atoms with E-state index in [-0.39, 0.29) is 17.7 Å². The van der Waals surface area contributed by atoms with Crippen molar-refractivity contribution in [2.24, 2.45) is 11.3 Å². The van der Waals surface area contributed by atoms with Crippen molar-refractivity contribution in [3.05, 3.63) is 0 Å². The Morgan fingerprint density at radius 3 is 2.33 bits per heavy atom. The van der Waals surface area contributed by atoms with E-state index in [0.717, 1.165) is 12.8 Å². The Morgan fingerprint density at radius 1 is 1.33 bits per heavy atom. The molecule has 0 radical (unpaired) electrons. The van der Waals surface area contributed by atoms with Crippen molar-refractivity contribution < 1.29 is 9.59 Å². The van der Waals surface area contributed by atoms with Gasteiger partial charge in [0, 0.05) is 31.4 Å². The van der Waals surface area contributed by atoms with Crippen LogP contribution in [0.4, 0.5) is 0 Å². The minimum Gasteiger partial charge on any atom is -0.356 e. The van der Waals surface area contributed by atoms with E-state index < -0.39 is 5.41 Å². The lowest BCUT2D eigenvalue weighted by Crippen LogP contribution is -2.47. The van der Waals surface area contributed by atoms with Crippen molar-refractivity contribution in [1.82, 2.24) is 10.2 Å². The van der Waals surface area contributed by atoms with Crippen LogP contribution in [-0.4, -0.2) is 42.2 Å². The van der Waals surface area contributed by atoms with Gasteiger partial charge in [-0.1, -0.05) is 0 Å². The molecule has 1 aliphatic heterocycles. The molecule has 0 spiro atoms. The van der Waals surface area contributed by atoms with Gasteiger partial charge in [-0.25, -0.2) is 0 Å². The third kappa shape index (κ3) is 3.61. The van der Waals surface area contributed by atoms with Gasteiger partial charge >= 0.3 is 0 Å². The van der Waals surface area contributed by atoms with E-state index in [2.05, 4.69) is 5.32 Å². The molecule has 0 atom stereocenters. The van der Waals surface area contributed by atoms with Crippen LogP contribution in [0.3, 0.4) is 0 Å². The first-order chi connectivity index (χ1) is 8.42. The Kier molecular flexibility index (Phi) is 5.45. The SMILES string of the molecule is CCNC(=O)C1CCN(C(=O)C(C)(C)CCl)CC1. The quantitative estimate of drug-likeness (QED) is 0.792. The van der Waals surface area contributed by atoms with Crippen molar-refractivity contribution in [1.29, 1.82) is 0 Å². The minimum atomic E-state index is -0.514. The standard InChI is InChI=1S/C13H23ClN2O2/c1-4-15-11(17)10-5-7-16(8-6-10)12(18)13(2,3)9-14/h10H,4-9H2,1-3H3,(H,15,17). The predicted molar refractivity (Wildman–Crippen MR) is 72.5 cm³/mol. The summed E-state index contributed by atoms with van der Waals surface area (Å²) in [6.45, 7) is 7.61. The summed E-state index contributed by atoms with van der Waals surface area (Å²) < 4.78 is 0. The van der Waals surface area contributed by atoms with E-state index in [1.165, 1.54) is 0 Å². The average Bonchev–Trinajstić information content (AvgIpc) is 2.38. The Hall–Kier alpha value is -0.770. The highest BCUT2D eigenvalue weighted by atomic mass is 35.5. The molecule has 18 heavy (non-hydrogen) atoms. The van der Waals surface area contributed by atoms with E-state index >= 15 is 0 Å². The number of carbonyl (C=O) groups excluding carboxylic acids is 2. The van der Waals surface area contributed by atoms with Crippen molar-refractivity contribution in [2.45, 2.75) is 33.6 Å². The number of rotatable bonds is 4. The number of likely N-dealkylation sites (tertiary alicyclic amines) is 1. The molecule has 0 bridgehead atoms. The number of nitrogens with zero attached hydrogens (tertiary/aromatic N) is 1. The Morgan fingerprint density at radius 2 is 1.89 bits per heavy atom. The lowest BCUT2D eigenvalue weighted by molar-refractivity contribution is -0.142. The van der Waals surface area contributed by atoms with Gasteiger partial charge in [-0.05, 0) is 33.6 Å². The lowest BCUT2D eigenvalue weighted by Gasteiger charge is -2.35. The van der Waals surface area contributed by atoms with Gasteiger partial charge in [-0.15, -0.1) is 11.6 Å². The van der Waals surface area contributed by atoms with E-state index in [0.29, 0.717) is 25.5 Å². The molecule has 1 fully saturated rings. The summed E-state index contributed by atoms with van der Waals surface area (Å²) in [5.74, 6) is 0.573. The third-order valence-corrected chi connectivity index (χ3v) is 4.09. The van der Waals surface area contributed by atoms with Crippen molar-refractivity contribution >= 4 is 23.4 Å². The van der Waals surface area contributed by atoms with Gasteiger partial charge in [-0.2, -0.15) is 0 Å². The molecule has 0 aromatic carbocycles. The number of hydrogen-bond donors (Lipinski definition) is 1. The molecule has 1 aliphatic rings. The fourth-order valence-corrected chi connectivity index (χ4v) is 2.26. The number of hydrogen-bond acceptors (Lipinski definition) is 2. The first-order valence-electron chi connectivity index (χ1n) is 6.55. The monoisotopic (exact) mass is 274 g/mol. The topological polar surface area (TPSA) is 49.4 Å². The van der Waals surface area contributed by atoms with Gasteiger partial charge < -0.3 is 10.2 Å². The van der Waals surface area contributed by atoms with Crippen molar-refractivity contribution in [3.8, 4) is 0 Å². The van der Waals surface area contributed by atoms with Crippen LogP contribution in [0.15, 0.2) is 0 Å². The zero-order valence-corrected chi connectivity index (χ0v) is 12.2. The molecule has 2 amide bonds. The number of halogens is 1. The van der Waals surface area contributed by atoms with Gasteiger partial charge in [-0.3, -0.25) is 9.59 Å². The lowest BCUT2D eigenvalue weighted by atomic mass is 9.90. The summed E-state index contributed by atoms with van der Waals surface area (Å²) in [5, 5.41) is 2.84.